The van der Waals surface area contributed by atoms with E-state index >= 15 is 0 Å². The Kier molecular flexibility index (Phi) is 3.87. The number of aromatic nitrogens is 4. The lowest BCUT2D eigenvalue weighted by atomic mass is 10.4. The number of rotatable bonds is 6. The molecule has 2 aromatic rings. The van der Waals surface area contributed by atoms with Crippen LogP contribution in [0.2, 0.25) is 0 Å². The van der Waals surface area contributed by atoms with Gasteiger partial charge in [-0.25, -0.2) is 4.98 Å². The standard InChI is InChI=1S/C11H18N6/c1-3-12-5-4-6-13-10-11-16-15-9(2)17(11)8-7-14-10/h7-8,12H,3-6H2,1-2H3,(H,13,14). The smallest absolute Gasteiger partial charge is 0.203 e. The van der Waals surface area contributed by atoms with E-state index in [1.165, 1.54) is 0 Å². The van der Waals surface area contributed by atoms with E-state index in [1.54, 1.807) is 6.20 Å². The Morgan fingerprint density at radius 1 is 1.29 bits per heavy atom. The summed E-state index contributed by atoms with van der Waals surface area (Å²) in [5.74, 6) is 1.67. The highest BCUT2D eigenvalue weighted by Crippen LogP contribution is 2.11. The summed E-state index contributed by atoms with van der Waals surface area (Å²) in [6.45, 7) is 6.94. The first-order valence-electron chi connectivity index (χ1n) is 5.94. The van der Waals surface area contributed by atoms with Crippen LogP contribution in [0.25, 0.3) is 5.65 Å². The van der Waals surface area contributed by atoms with Gasteiger partial charge in [-0.05, 0) is 26.4 Å². The van der Waals surface area contributed by atoms with E-state index < -0.39 is 0 Å². The number of hydrogen-bond donors (Lipinski definition) is 2. The summed E-state index contributed by atoms with van der Waals surface area (Å²) < 4.78 is 1.93. The van der Waals surface area contributed by atoms with E-state index in [2.05, 4.69) is 32.7 Å². The van der Waals surface area contributed by atoms with E-state index in [-0.39, 0.29) is 0 Å². The molecule has 6 heteroatoms. The van der Waals surface area contributed by atoms with Crippen LogP contribution in [0.5, 0.6) is 0 Å². The largest absolute Gasteiger partial charge is 0.367 e. The summed E-state index contributed by atoms with van der Waals surface area (Å²) in [7, 11) is 0. The number of fused-ring (bicyclic) bond motifs is 1. The zero-order chi connectivity index (χ0) is 12.1. The number of aryl methyl sites for hydroxylation is 1. The maximum atomic E-state index is 4.28. The van der Waals surface area contributed by atoms with Crippen LogP contribution in [-0.2, 0) is 0 Å². The maximum absolute atomic E-state index is 4.28. The Morgan fingerprint density at radius 2 is 2.18 bits per heavy atom. The molecule has 92 valence electrons. The van der Waals surface area contributed by atoms with Crippen molar-refractivity contribution in [1.29, 1.82) is 0 Å². The van der Waals surface area contributed by atoms with Crippen LogP contribution in [0.1, 0.15) is 19.2 Å². The summed E-state index contributed by atoms with van der Waals surface area (Å²) in [6.07, 6.45) is 4.69. The highest BCUT2D eigenvalue weighted by Gasteiger charge is 2.06. The SMILES string of the molecule is CCNCCCNc1nccn2c(C)nnc12. The lowest BCUT2D eigenvalue weighted by Gasteiger charge is -2.06. The van der Waals surface area contributed by atoms with Gasteiger partial charge in [-0.15, -0.1) is 10.2 Å². The molecule has 0 fully saturated rings. The van der Waals surface area contributed by atoms with Crippen LogP contribution in [0, 0.1) is 6.92 Å². The molecule has 0 radical (unpaired) electrons. The minimum Gasteiger partial charge on any atom is -0.367 e. The van der Waals surface area contributed by atoms with E-state index in [0.717, 1.165) is 43.3 Å². The number of nitrogens with one attached hydrogen (secondary N) is 2. The quantitative estimate of drug-likeness (QED) is 0.725. The second-order valence-corrected chi connectivity index (χ2v) is 3.85. The number of hydrogen-bond acceptors (Lipinski definition) is 5. The summed E-state index contributed by atoms with van der Waals surface area (Å²) in [6, 6.07) is 0. The molecule has 0 aromatic carbocycles. The van der Waals surface area contributed by atoms with Crippen molar-refractivity contribution in [3.63, 3.8) is 0 Å². The minimum absolute atomic E-state index is 0.786. The van der Waals surface area contributed by atoms with Gasteiger partial charge in [0.15, 0.2) is 5.82 Å². The van der Waals surface area contributed by atoms with E-state index in [9.17, 15) is 0 Å². The van der Waals surface area contributed by atoms with Gasteiger partial charge in [-0.1, -0.05) is 6.92 Å². The predicted octanol–water partition coefficient (Wildman–Crippen LogP) is 0.844. The molecule has 0 aliphatic carbocycles. The molecular formula is C11H18N6. The van der Waals surface area contributed by atoms with Crippen LogP contribution in [0.4, 0.5) is 5.82 Å². The van der Waals surface area contributed by atoms with Gasteiger partial charge < -0.3 is 10.6 Å². The first kappa shape index (κ1) is 11.8. The van der Waals surface area contributed by atoms with Crippen molar-refractivity contribution < 1.29 is 0 Å². The van der Waals surface area contributed by atoms with Crippen molar-refractivity contribution in [3.8, 4) is 0 Å². The molecule has 2 rings (SSSR count). The van der Waals surface area contributed by atoms with Crippen molar-refractivity contribution >= 4 is 11.5 Å². The van der Waals surface area contributed by atoms with Gasteiger partial charge in [0, 0.05) is 18.9 Å². The van der Waals surface area contributed by atoms with E-state index in [1.807, 2.05) is 17.5 Å². The van der Waals surface area contributed by atoms with Gasteiger partial charge >= 0.3 is 0 Å². The normalized spacial score (nSPS) is 10.9. The number of anilines is 1. The molecule has 0 bridgehead atoms. The van der Waals surface area contributed by atoms with Crippen molar-refractivity contribution in [2.24, 2.45) is 0 Å². The molecule has 0 amide bonds. The van der Waals surface area contributed by atoms with Crippen molar-refractivity contribution in [1.82, 2.24) is 24.9 Å². The molecule has 0 aliphatic heterocycles. The lowest BCUT2D eigenvalue weighted by molar-refractivity contribution is 0.688. The third kappa shape index (κ3) is 2.71. The van der Waals surface area contributed by atoms with E-state index in [0.29, 0.717) is 0 Å². The maximum Gasteiger partial charge on any atom is 0.203 e. The molecule has 2 N–H and O–H groups in total. The van der Waals surface area contributed by atoms with Crippen LogP contribution in [-0.4, -0.2) is 39.2 Å². The van der Waals surface area contributed by atoms with Crippen molar-refractivity contribution in [3.05, 3.63) is 18.2 Å². The molecule has 0 aliphatic rings. The first-order valence-corrected chi connectivity index (χ1v) is 5.94. The van der Waals surface area contributed by atoms with Gasteiger partial charge in [0.1, 0.15) is 5.82 Å². The van der Waals surface area contributed by atoms with Gasteiger partial charge in [-0.3, -0.25) is 4.40 Å². The molecular weight excluding hydrogens is 216 g/mol. The molecule has 0 spiro atoms. The lowest BCUT2D eigenvalue weighted by Crippen LogP contribution is -2.17. The third-order valence-electron chi connectivity index (χ3n) is 2.57. The molecule has 0 saturated heterocycles. The average Bonchev–Trinajstić information content (AvgIpc) is 2.72. The van der Waals surface area contributed by atoms with E-state index in [4.69, 9.17) is 0 Å². The third-order valence-corrected chi connectivity index (χ3v) is 2.57. The number of nitrogens with zero attached hydrogens (tertiary/aromatic N) is 4. The van der Waals surface area contributed by atoms with Gasteiger partial charge in [0.25, 0.3) is 0 Å². The zero-order valence-corrected chi connectivity index (χ0v) is 10.3. The topological polar surface area (TPSA) is 67.1 Å². The Balaban J connectivity index is 1.99. The fourth-order valence-corrected chi connectivity index (χ4v) is 1.66. The molecule has 0 unspecified atom stereocenters. The predicted molar refractivity (Wildman–Crippen MR) is 67.2 cm³/mol. The highest BCUT2D eigenvalue weighted by atomic mass is 15.3. The minimum atomic E-state index is 0.786. The summed E-state index contributed by atoms with van der Waals surface area (Å²) in [5.41, 5.74) is 0.786. The molecule has 2 aromatic heterocycles. The Labute approximate surface area is 100 Å². The molecule has 0 atom stereocenters. The van der Waals surface area contributed by atoms with Gasteiger partial charge in [0.2, 0.25) is 5.65 Å². The molecule has 2 heterocycles. The van der Waals surface area contributed by atoms with Crippen molar-refractivity contribution in [2.75, 3.05) is 25.0 Å². The highest BCUT2D eigenvalue weighted by molar-refractivity contribution is 5.61. The van der Waals surface area contributed by atoms with Crippen LogP contribution in [0.15, 0.2) is 12.4 Å². The molecule has 6 nitrogen and oxygen atoms in total. The second kappa shape index (κ2) is 5.58. The second-order valence-electron chi connectivity index (χ2n) is 3.85. The fraction of sp³-hybridized carbons (Fsp3) is 0.545. The Morgan fingerprint density at radius 3 is 3.00 bits per heavy atom. The van der Waals surface area contributed by atoms with Crippen LogP contribution >= 0.6 is 0 Å². The summed E-state index contributed by atoms with van der Waals surface area (Å²) in [5, 5.41) is 14.7. The molecule has 0 saturated carbocycles. The van der Waals surface area contributed by atoms with Crippen molar-refractivity contribution in [2.45, 2.75) is 20.3 Å². The first-order chi connectivity index (χ1) is 8.33. The summed E-state index contributed by atoms with van der Waals surface area (Å²) in [4.78, 5) is 4.28. The summed E-state index contributed by atoms with van der Waals surface area (Å²) >= 11 is 0. The molecule has 17 heavy (non-hydrogen) atoms. The zero-order valence-electron chi connectivity index (χ0n) is 10.3. The van der Waals surface area contributed by atoms with Crippen LogP contribution in [0.3, 0.4) is 0 Å². The van der Waals surface area contributed by atoms with Gasteiger partial charge in [-0.2, -0.15) is 0 Å². The van der Waals surface area contributed by atoms with Gasteiger partial charge in [0.05, 0.1) is 0 Å². The average molecular weight is 234 g/mol. The fourth-order valence-electron chi connectivity index (χ4n) is 1.66. The Bertz CT molecular complexity index is 478. The van der Waals surface area contributed by atoms with Crippen LogP contribution < -0.4 is 10.6 Å². The Hall–Kier alpha value is -1.69. The monoisotopic (exact) mass is 234 g/mol.